The summed E-state index contributed by atoms with van der Waals surface area (Å²) in [6.45, 7) is 1.47. The van der Waals surface area contributed by atoms with Crippen molar-refractivity contribution in [2.75, 3.05) is 11.9 Å². The maximum absolute atomic E-state index is 14.8. The molecular weight excluding hydrogens is 392 g/mol. The van der Waals surface area contributed by atoms with Crippen molar-refractivity contribution in [1.82, 2.24) is 0 Å². The molecule has 0 N–H and O–H groups in total. The molecule has 2 aromatic carbocycles. The Morgan fingerprint density at radius 3 is 2.44 bits per heavy atom. The van der Waals surface area contributed by atoms with Crippen LogP contribution in [0.15, 0.2) is 53.0 Å². The van der Waals surface area contributed by atoms with Crippen molar-refractivity contribution in [2.45, 2.75) is 24.7 Å². The summed E-state index contributed by atoms with van der Waals surface area (Å²) in [7, 11) is 1.56. The SMILES string of the molecule is CN1C(=O)C(C)(CC(F)(F)C(=O)c2ccccc2Br)c2ccccc21. The average Bonchev–Trinajstić information content (AvgIpc) is 2.76. The van der Waals surface area contributed by atoms with Crippen LogP contribution in [0.5, 0.6) is 0 Å². The zero-order valence-electron chi connectivity index (χ0n) is 13.7. The van der Waals surface area contributed by atoms with Gasteiger partial charge in [-0.2, -0.15) is 8.78 Å². The molecule has 0 aliphatic carbocycles. The Kier molecular flexibility index (Phi) is 4.27. The van der Waals surface area contributed by atoms with Crippen molar-refractivity contribution in [3.05, 3.63) is 64.1 Å². The van der Waals surface area contributed by atoms with Crippen molar-refractivity contribution in [1.29, 1.82) is 0 Å². The van der Waals surface area contributed by atoms with Gasteiger partial charge >= 0.3 is 5.92 Å². The first-order chi connectivity index (χ1) is 11.7. The topological polar surface area (TPSA) is 37.4 Å². The standard InChI is InChI=1S/C19H16BrF2NO2/c1-18(13-8-4-6-10-15(13)23(2)17(18)25)11-19(21,22)16(24)12-7-3-5-9-14(12)20/h3-10H,11H2,1-2H3. The molecule has 0 saturated heterocycles. The number of nitrogens with zero attached hydrogens (tertiary/aromatic N) is 1. The van der Waals surface area contributed by atoms with Gasteiger partial charge in [0.05, 0.1) is 5.41 Å². The van der Waals surface area contributed by atoms with Crippen LogP contribution in [0.4, 0.5) is 14.5 Å². The van der Waals surface area contributed by atoms with Gasteiger partial charge in [-0.15, -0.1) is 0 Å². The number of halogens is 3. The van der Waals surface area contributed by atoms with E-state index in [1.165, 1.54) is 30.0 Å². The highest BCUT2D eigenvalue weighted by Gasteiger charge is 2.54. The van der Waals surface area contributed by atoms with Crippen LogP contribution in [0.25, 0.3) is 0 Å². The number of likely N-dealkylation sites (N-methyl/N-ethyl adjacent to an activating group) is 1. The molecule has 0 fully saturated rings. The third kappa shape index (κ3) is 2.78. The molecule has 1 heterocycles. The van der Waals surface area contributed by atoms with E-state index in [-0.39, 0.29) is 5.56 Å². The van der Waals surface area contributed by atoms with E-state index in [0.717, 1.165) is 0 Å². The number of carbonyl (C=O) groups is 2. The first kappa shape index (κ1) is 17.7. The summed E-state index contributed by atoms with van der Waals surface area (Å²) >= 11 is 3.13. The zero-order valence-corrected chi connectivity index (χ0v) is 15.3. The van der Waals surface area contributed by atoms with E-state index in [1.54, 1.807) is 37.4 Å². The maximum Gasteiger partial charge on any atom is 0.311 e. The molecule has 3 nitrogen and oxygen atoms in total. The van der Waals surface area contributed by atoms with Gasteiger partial charge in [0, 0.05) is 29.2 Å². The molecule has 1 atom stereocenters. The summed E-state index contributed by atoms with van der Waals surface area (Å²) in [5, 5.41) is 0. The van der Waals surface area contributed by atoms with Gasteiger partial charge in [0.2, 0.25) is 11.7 Å². The Hall–Kier alpha value is -2.08. The quantitative estimate of drug-likeness (QED) is 0.694. The smallest absolute Gasteiger partial charge is 0.311 e. The molecule has 0 radical (unpaired) electrons. The number of alkyl halides is 2. The second-order valence-electron chi connectivity index (χ2n) is 6.40. The number of Topliss-reactive ketones (excluding diaryl/α,β-unsaturated/α-hetero) is 1. The number of fused-ring (bicyclic) bond motifs is 1. The van der Waals surface area contributed by atoms with Gasteiger partial charge in [-0.25, -0.2) is 0 Å². The van der Waals surface area contributed by atoms with E-state index in [1.807, 2.05) is 0 Å². The molecule has 0 spiro atoms. The highest BCUT2D eigenvalue weighted by Crippen LogP contribution is 2.47. The number of carbonyl (C=O) groups excluding carboxylic acids is 2. The van der Waals surface area contributed by atoms with Gasteiger partial charge < -0.3 is 4.90 Å². The predicted molar refractivity (Wildman–Crippen MR) is 95.2 cm³/mol. The van der Waals surface area contributed by atoms with E-state index < -0.39 is 29.4 Å². The van der Waals surface area contributed by atoms with Crippen LogP contribution in [0.1, 0.15) is 29.3 Å². The minimum Gasteiger partial charge on any atom is -0.314 e. The summed E-state index contributed by atoms with van der Waals surface area (Å²) < 4.78 is 30.0. The number of benzene rings is 2. The summed E-state index contributed by atoms with van der Waals surface area (Å²) in [6, 6.07) is 12.9. The molecule has 1 amide bonds. The molecule has 1 aliphatic heterocycles. The molecule has 25 heavy (non-hydrogen) atoms. The minimum absolute atomic E-state index is 0.0943. The molecule has 1 unspecified atom stereocenters. The molecule has 1 aliphatic rings. The van der Waals surface area contributed by atoms with Crippen molar-refractivity contribution >= 4 is 33.3 Å². The fraction of sp³-hybridized carbons (Fsp3) is 0.263. The van der Waals surface area contributed by atoms with Gasteiger partial charge in [0.25, 0.3) is 0 Å². The molecule has 0 aromatic heterocycles. The van der Waals surface area contributed by atoms with Crippen LogP contribution in [-0.2, 0) is 10.2 Å². The molecule has 0 bridgehead atoms. The lowest BCUT2D eigenvalue weighted by molar-refractivity contribution is -0.125. The number of anilines is 1. The molecular formula is C19H16BrF2NO2. The third-order valence-corrected chi connectivity index (χ3v) is 5.35. The van der Waals surface area contributed by atoms with E-state index in [0.29, 0.717) is 15.7 Å². The Morgan fingerprint density at radius 2 is 1.76 bits per heavy atom. The Balaban J connectivity index is 1.99. The summed E-state index contributed by atoms with van der Waals surface area (Å²) in [5.41, 5.74) is -0.435. The number of hydrogen-bond acceptors (Lipinski definition) is 2. The average molecular weight is 408 g/mol. The Labute approximate surface area is 152 Å². The van der Waals surface area contributed by atoms with E-state index in [2.05, 4.69) is 15.9 Å². The second kappa shape index (κ2) is 6.02. The lowest BCUT2D eigenvalue weighted by Crippen LogP contribution is -2.43. The normalized spacial score (nSPS) is 19.9. The summed E-state index contributed by atoms with van der Waals surface area (Å²) in [4.78, 5) is 26.4. The highest BCUT2D eigenvalue weighted by molar-refractivity contribution is 9.10. The van der Waals surface area contributed by atoms with Gasteiger partial charge in [-0.3, -0.25) is 9.59 Å². The molecule has 3 rings (SSSR count). The molecule has 130 valence electrons. The summed E-state index contributed by atoms with van der Waals surface area (Å²) in [5.74, 6) is -5.40. The zero-order chi connectivity index (χ0) is 18.4. The number of hydrogen-bond donors (Lipinski definition) is 0. The largest absolute Gasteiger partial charge is 0.314 e. The van der Waals surface area contributed by atoms with Crippen LogP contribution in [0.3, 0.4) is 0 Å². The predicted octanol–water partition coefficient (Wildman–Crippen LogP) is 4.59. The van der Waals surface area contributed by atoms with Crippen LogP contribution < -0.4 is 4.90 Å². The number of ketones is 1. The van der Waals surface area contributed by atoms with Crippen molar-refractivity contribution < 1.29 is 18.4 Å². The van der Waals surface area contributed by atoms with Gasteiger partial charge in [-0.1, -0.05) is 52.3 Å². The van der Waals surface area contributed by atoms with Crippen LogP contribution in [0, 0.1) is 0 Å². The number of rotatable bonds is 4. The van der Waals surface area contributed by atoms with E-state index >= 15 is 0 Å². The van der Waals surface area contributed by atoms with Crippen molar-refractivity contribution in [3.63, 3.8) is 0 Å². The number of para-hydroxylation sites is 1. The highest BCUT2D eigenvalue weighted by atomic mass is 79.9. The first-order valence-electron chi connectivity index (χ1n) is 7.73. The monoisotopic (exact) mass is 407 g/mol. The first-order valence-corrected chi connectivity index (χ1v) is 8.52. The maximum atomic E-state index is 14.8. The van der Waals surface area contributed by atoms with Gasteiger partial charge in [-0.05, 0) is 24.6 Å². The molecule has 6 heteroatoms. The molecule has 2 aromatic rings. The Bertz CT molecular complexity index is 868. The summed E-state index contributed by atoms with van der Waals surface area (Å²) in [6.07, 6.45) is -0.875. The van der Waals surface area contributed by atoms with Crippen LogP contribution in [-0.4, -0.2) is 24.7 Å². The second-order valence-corrected chi connectivity index (χ2v) is 7.26. The third-order valence-electron chi connectivity index (χ3n) is 4.66. The van der Waals surface area contributed by atoms with E-state index in [9.17, 15) is 18.4 Å². The van der Waals surface area contributed by atoms with E-state index in [4.69, 9.17) is 0 Å². The fourth-order valence-electron chi connectivity index (χ4n) is 3.36. The van der Waals surface area contributed by atoms with Gasteiger partial charge in [0.1, 0.15) is 0 Å². The molecule has 0 saturated carbocycles. The fourth-order valence-corrected chi connectivity index (χ4v) is 3.83. The van der Waals surface area contributed by atoms with Gasteiger partial charge in [0.15, 0.2) is 0 Å². The number of amides is 1. The minimum atomic E-state index is -3.67. The van der Waals surface area contributed by atoms with Crippen molar-refractivity contribution in [3.8, 4) is 0 Å². The van der Waals surface area contributed by atoms with Crippen LogP contribution >= 0.6 is 15.9 Å². The van der Waals surface area contributed by atoms with Crippen molar-refractivity contribution in [2.24, 2.45) is 0 Å². The lowest BCUT2D eigenvalue weighted by atomic mass is 9.77. The lowest BCUT2D eigenvalue weighted by Gasteiger charge is -2.28. The Morgan fingerprint density at radius 1 is 1.16 bits per heavy atom. The van der Waals surface area contributed by atoms with Crippen LogP contribution in [0.2, 0.25) is 0 Å².